The molecule has 2 rings (SSSR count). The van der Waals surface area contributed by atoms with Crippen LogP contribution in [0.2, 0.25) is 0 Å². The van der Waals surface area contributed by atoms with Gasteiger partial charge in [0.25, 0.3) is 0 Å². The molecule has 0 fully saturated rings. The van der Waals surface area contributed by atoms with Gasteiger partial charge in [-0.15, -0.1) is 0 Å². The van der Waals surface area contributed by atoms with Gasteiger partial charge in [-0.05, 0) is 40.2 Å². The Labute approximate surface area is 116 Å². The second-order valence-electron chi connectivity index (χ2n) is 3.44. The first-order valence-corrected chi connectivity index (χ1v) is 6.46. The van der Waals surface area contributed by atoms with Crippen LogP contribution < -0.4 is 4.74 Å². The van der Waals surface area contributed by atoms with Crippen LogP contribution >= 0.6 is 31.9 Å². The summed E-state index contributed by atoms with van der Waals surface area (Å²) in [5.74, 6) is 0.633. The number of aliphatic hydroxyl groups excluding tert-OH is 1. The molecule has 1 atom stereocenters. The third-order valence-corrected chi connectivity index (χ3v) is 3.56. The van der Waals surface area contributed by atoms with E-state index in [9.17, 15) is 5.11 Å². The normalized spacial score (nSPS) is 12.5. The second-order valence-corrected chi connectivity index (χ2v) is 5.07. The number of aliphatic hydroxyl groups is 1. The van der Waals surface area contributed by atoms with E-state index < -0.39 is 6.10 Å². The van der Waals surface area contributed by atoms with Gasteiger partial charge in [0.15, 0.2) is 4.67 Å². The van der Waals surface area contributed by atoms with Crippen molar-refractivity contribution in [1.82, 2.24) is 0 Å². The van der Waals surface area contributed by atoms with Gasteiger partial charge in [-0.2, -0.15) is 0 Å². The Morgan fingerprint density at radius 3 is 2.59 bits per heavy atom. The summed E-state index contributed by atoms with van der Waals surface area (Å²) < 4.78 is 11.7. The highest BCUT2D eigenvalue weighted by Crippen LogP contribution is 2.35. The van der Waals surface area contributed by atoms with Crippen molar-refractivity contribution in [2.45, 2.75) is 6.10 Å². The molecule has 1 unspecified atom stereocenters. The minimum absolute atomic E-state index is 0.520. The molecule has 1 aromatic heterocycles. The van der Waals surface area contributed by atoms with Gasteiger partial charge >= 0.3 is 0 Å². The molecule has 0 radical (unpaired) electrons. The van der Waals surface area contributed by atoms with Crippen molar-refractivity contribution >= 4 is 31.9 Å². The van der Waals surface area contributed by atoms with Crippen LogP contribution in [0.15, 0.2) is 44.1 Å². The highest BCUT2D eigenvalue weighted by Gasteiger charge is 2.19. The zero-order valence-corrected chi connectivity index (χ0v) is 12.2. The van der Waals surface area contributed by atoms with Crippen molar-refractivity contribution in [1.29, 1.82) is 0 Å². The minimum Gasteiger partial charge on any atom is -0.496 e. The SMILES string of the molecule is COc1ccc(Br)cc1C(O)c1ccoc1Br. The molecule has 3 nitrogen and oxygen atoms in total. The molecule has 1 heterocycles. The summed E-state index contributed by atoms with van der Waals surface area (Å²) >= 11 is 6.62. The number of hydrogen-bond acceptors (Lipinski definition) is 3. The van der Waals surface area contributed by atoms with Crippen LogP contribution in [-0.4, -0.2) is 12.2 Å². The first kappa shape index (κ1) is 12.7. The summed E-state index contributed by atoms with van der Waals surface area (Å²) in [4.78, 5) is 0. The zero-order chi connectivity index (χ0) is 12.4. The number of rotatable bonds is 3. The van der Waals surface area contributed by atoms with Crippen LogP contribution in [0.4, 0.5) is 0 Å². The molecule has 0 bridgehead atoms. The van der Waals surface area contributed by atoms with Crippen molar-refractivity contribution in [3.05, 3.63) is 50.8 Å². The second kappa shape index (κ2) is 5.25. The van der Waals surface area contributed by atoms with Crippen LogP contribution in [0.1, 0.15) is 17.2 Å². The Bertz CT molecular complexity index is 522. The third-order valence-electron chi connectivity index (χ3n) is 2.43. The Morgan fingerprint density at radius 1 is 1.24 bits per heavy atom. The molecule has 0 aliphatic heterocycles. The third kappa shape index (κ3) is 2.56. The topological polar surface area (TPSA) is 42.6 Å². The highest BCUT2D eigenvalue weighted by molar-refractivity contribution is 9.10. The molecule has 0 aliphatic carbocycles. The lowest BCUT2D eigenvalue weighted by molar-refractivity contribution is 0.212. The lowest BCUT2D eigenvalue weighted by Gasteiger charge is -2.14. The Morgan fingerprint density at radius 2 is 2.00 bits per heavy atom. The number of benzene rings is 1. The first-order chi connectivity index (χ1) is 8.13. The van der Waals surface area contributed by atoms with Crippen molar-refractivity contribution in [2.24, 2.45) is 0 Å². The fraction of sp³-hybridized carbons (Fsp3) is 0.167. The monoisotopic (exact) mass is 360 g/mol. The van der Waals surface area contributed by atoms with Crippen molar-refractivity contribution < 1.29 is 14.3 Å². The van der Waals surface area contributed by atoms with E-state index in [0.717, 1.165) is 4.47 Å². The van der Waals surface area contributed by atoms with Crippen LogP contribution in [0.3, 0.4) is 0 Å². The molecule has 0 aliphatic rings. The Kier molecular flexibility index (Phi) is 3.91. The van der Waals surface area contributed by atoms with Crippen LogP contribution in [-0.2, 0) is 0 Å². The van der Waals surface area contributed by atoms with Gasteiger partial charge in [-0.1, -0.05) is 15.9 Å². The quantitative estimate of drug-likeness (QED) is 0.901. The molecule has 0 spiro atoms. The average Bonchev–Trinajstić information content (AvgIpc) is 2.74. The minimum atomic E-state index is -0.796. The van der Waals surface area contributed by atoms with E-state index >= 15 is 0 Å². The van der Waals surface area contributed by atoms with Gasteiger partial charge < -0.3 is 14.3 Å². The summed E-state index contributed by atoms with van der Waals surface area (Å²) in [6.07, 6.45) is 0.725. The molecule has 17 heavy (non-hydrogen) atoms. The van der Waals surface area contributed by atoms with Gasteiger partial charge in [0.2, 0.25) is 0 Å². The number of furan rings is 1. The fourth-order valence-electron chi connectivity index (χ4n) is 1.59. The van der Waals surface area contributed by atoms with Crippen LogP contribution in [0, 0.1) is 0 Å². The average molecular weight is 362 g/mol. The van der Waals surface area contributed by atoms with Gasteiger partial charge in [0.05, 0.1) is 13.4 Å². The smallest absolute Gasteiger partial charge is 0.175 e. The standard InChI is InChI=1S/C12H10Br2O3/c1-16-10-3-2-7(13)6-9(10)11(15)8-4-5-17-12(8)14/h2-6,11,15H,1H3. The summed E-state index contributed by atoms with van der Waals surface area (Å²) in [5.41, 5.74) is 1.35. The molecule has 5 heteroatoms. The molecule has 1 aromatic carbocycles. The number of hydrogen-bond donors (Lipinski definition) is 1. The van der Waals surface area contributed by atoms with E-state index in [2.05, 4.69) is 31.9 Å². The predicted molar refractivity (Wildman–Crippen MR) is 71.2 cm³/mol. The number of ether oxygens (including phenoxy) is 1. The molecule has 90 valence electrons. The zero-order valence-electron chi connectivity index (χ0n) is 8.98. The van der Waals surface area contributed by atoms with Gasteiger partial charge in [-0.3, -0.25) is 0 Å². The van der Waals surface area contributed by atoms with Crippen molar-refractivity contribution in [3.8, 4) is 5.75 Å². The summed E-state index contributed by atoms with van der Waals surface area (Å²) in [7, 11) is 1.57. The molecule has 0 amide bonds. The molecular weight excluding hydrogens is 352 g/mol. The lowest BCUT2D eigenvalue weighted by atomic mass is 10.0. The van der Waals surface area contributed by atoms with Crippen LogP contribution in [0.5, 0.6) is 5.75 Å². The summed E-state index contributed by atoms with van der Waals surface area (Å²) in [5, 5.41) is 10.3. The maximum absolute atomic E-state index is 10.3. The molecule has 0 saturated heterocycles. The number of halogens is 2. The van der Waals surface area contributed by atoms with Gasteiger partial charge in [0, 0.05) is 15.6 Å². The predicted octanol–water partition coefficient (Wildman–Crippen LogP) is 3.89. The maximum atomic E-state index is 10.3. The molecular formula is C12H10Br2O3. The lowest BCUT2D eigenvalue weighted by Crippen LogP contribution is -2.02. The Hall–Kier alpha value is -0.780. The number of methoxy groups -OCH3 is 1. The highest BCUT2D eigenvalue weighted by atomic mass is 79.9. The van der Waals surface area contributed by atoms with E-state index in [1.54, 1.807) is 19.2 Å². The molecule has 0 saturated carbocycles. The van der Waals surface area contributed by atoms with Crippen molar-refractivity contribution in [2.75, 3.05) is 7.11 Å². The van der Waals surface area contributed by atoms with E-state index in [-0.39, 0.29) is 0 Å². The fourth-order valence-corrected chi connectivity index (χ4v) is 2.42. The van der Waals surface area contributed by atoms with E-state index in [0.29, 0.717) is 21.5 Å². The summed E-state index contributed by atoms with van der Waals surface area (Å²) in [6.45, 7) is 0. The first-order valence-electron chi connectivity index (χ1n) is 4.88. The maximum Gasteiger partial charge on any atom is 0.175 e. The van der Waals surface area contributed by atoms with Crippen molar-refractivity contribution in [3.63, 3.8) is 0 Å². The Balaban J connectivity index is 2.46. The molecule has 2 aromatic rings. The van der Waals surface area contributed by atoms with Gasteiger partial charge in [-0.25, -0.2) is 0 Å². The van der Waals surface area contributed by atoms with E-state index in [1.807, 2.05) is 12.1 Å². The van der Waals surface area contributed by atoms with E-state index in [1.165, 1.54) is 6.26 Å². The van der Waals surface area contributed by atoms with E-state index in [4.69, 9.17) is 9.15 Å². The largest absolute Gasteiger partial charge is 0.496 e. The molecule has 1 N–H and O–H groups in total. The van der Waals surface area contributed by atoms with Gasteiger partial charge in [0.1, 0.15) is 11.9 Å². The van der Waals surface area contributed by atoms with Crippen LogP contribution in [0.25, 0.3) is 0 Å². The summed E-state index contributed by atoms with van der Waals surface area (Å²) in [6, 6.07) is 7.20.